The fraction of sp³-hybridized carbons (Fsp3) is 0.333. The largest absolute Gasteiger partial charge is 0.486 e. The molecule has 72 heavy (non-hydrogen) atoms. The average Bonchev–Trinajstić information content (AvgIpc) is 3.69. The molecule has 8 aromatic rings. The summed E-state index contributed by atoms with van der Waals surface area (Å²) in [5.41, 5.74) is 6.61. The van der Waals surface area contributed by atoms with Crippen LogP contribution >= 0.6 is 0 Å². The first-order chi connectivity index (χ1) is 35.0. The number of anilines is 1. The summed E-state index contributed by atoms with van der Waals surface area (Å²) < 4.78 is 44.6. The molecule has 6 aromatic carbocycles. The first-order valence-corrected chi connectivity index (χ1v) is 25.4. The maximum absolute atomic E-state index is 17.2. The van der Waals surface area contributed by atoms with Gasteiger partial charge >= 0.3 is 12.1 Å². The maximum Gasteiger partial charge on any atom is 0.410 e. The predicted octanol–water partition coefficient (Wildman–Crippen LogP) is 12.0. The summed E-state index contributed by atoms with van der Waals surface area (Å²) in [4.78, 5) is 28.3. The van der Waals surface area contributed by atoms with Crippen LogP contribution in [0.1, 0.15) is 85.8 Å². The van der Waals surface area contributed by atoms with Gasteiger partial charge in [0.15, 0.2) is 5.75 Å². The first kappa shape index (κ1) is 45.8. The highest BCUT2D eigenvalue weighted by Gasteiger charge is 2.48. The van der Waals surface area contributed by atoms with Gasteiger partial charge < -0.3 is 28.7 Å². The zero-order valence-corrected chi connectivity index (χ0v) is 41.3. The number of benzene rings is 6. The van der Waals surface area contributed by atoms with Gasteiger partial charge in [-0.25, -0.2) is 9.18 Å². The topological polar surface area (TPSA) is 104 Å². The molecule has 3 aliphatic heterocycles. The van der Waals surface area contributed by atoms with Crippen LogP contribution in [0.5, 0.6) is 11.8 Å². The first-order valence-electron chi connectivity index (χ1n) is 25.4. The minimum absolute atomic E-state index is 0.00974. The summed E-state index contributed by atoms with van der Waals surface area (Å²) >= 11 is 0. The molecular weight excluding hydrogens is 904 g/mol. The zero-order valence-electron chi connectivity index (χ0n) is 41.3. The molecular formula is C60H59FN6O5. The third-order valence-corrected chi connectivity index (χ3v) is 15.0. The number of amides is 1. The number of rotatable bonds is 13. The fourth-order valence-electron chi connectivity index (χ4n) is 11.4. The van der Waals surface area contributed by atoms with Crippen molar-refractivity contribution >= 4 is 33.7 Å². The smallest absolute Gasteiger partial charge is 0.410 e. The van der Waals surface area contributed by atoms with Crippen LogP contribution < -0.4 is 14.4 Å². The Balaban J connectivity index is 1.10. The van der Waals surface area contributed by atoms with Crippen LogP contribution in [-0.4, -0.2) is 81.3 Å². The number of nitrogens with zero attached hydrogens (tertiary/aromatic N) is 6. The van der Waals surface area contributed by atoms with Gasteiger partial charge in [-0.2, -0.15) is 15.1 Å². The van der Waals surface area contributed by atoms with E-state index in [1.54, 1.807) is 6.07 Å². The lowest BCUT2D eigenvalue weighted by molar-refractivity contribution is 0.0214. The van der Waals surface area contributed by atoms with Crippen molar-refractivity contribution < 1.29 is 28.1 Å². The summed E-state index contributed by atoms with van der Waals surface area (Å²) in [7, 11) is 0. The number of carbonyl (C=O) groups excluding carboxylic acids is 1. The number of piperazine rings is 1. The molecule has 0 unspecified atom stereocenters. The van der Waals surface area contributed by atoms with Crippen LogP contribution in [0.4, 0.5) is 15.0 Å². The quantitative estimate of drug-likeness (QED) is 0.104. The SMILES string of the molecule is Cc1c(F)cc2nn(C(c3ccccc3)(c3ccccc3)c3ccccc3)cc2c1-c1c(C2CC2)cc2c(N3C[C@@H]4C[C@H]3CN4C(=O)OC(C)(C)C)nc(OC[C@H]3CCOC3)nc2c1OCc1ccccc1. The lowest BCUT2D eigenvalue weighted by Crippen LogP contribution is -2.50. The maximum atomic E-state index is 17.2. The molecule has 12 rings (SSSR count). The third-order valence-electron chi connectivity index (χ3n) is 15.0. The molecule has 4 fully saturated rings. The van der Waals surface area contributed by atoms with Crippen molar-refractivity contribution in [2.75, 3.05) is 37.8 Å². The van der Waals surface area contributed by atoms with Crippen LogP contribution in [0.15, 0.2) is 140 Å². The molecule has 11 nitrogen and oxygen atoms in total. The highest BCUT2D eigenvalue weighted by Crippen LogP contribution is 2.54. The van der Waals surface area contributed by atoms with Gasteiger partial charge in [0.1, 0.15) is 34.9 Å². The number of aromatic nitrogens is 4. The summed E-state index contributed by atoms with van der Waals surface area (Å²) in [6.45, 7) is 10.6. The molecule has 4 aliphatic rings. The molecule has 2 aromatic heterocycles. The number of halogens is 1. The van der Waals surface area contributed by atoms with Gasteiger partial charge in [0, 0.05) is 59.8 Å². The second kappa shape index (κ2) is 18.4. The lowest BCUT2D eigenvalue weighted by atomic mass is 9.77. The van der Waals surface area contributed by atoms with Gasteiger partial charge in [-0.3, -0.25) is 4.68 Å². The second-order valence-electron chi connectivity index (χ2n) is 21.0. The Morgan fingerprint density at radius 3 is 2.00 bits per heavy atom. The molecule has 12 heteroatoms. The number of ether oxygens (including phenoxy) is 4. The second-order valence-corrected chi connectivity index (χ2v) is 21.0. The van der Waals surface area contributed by atoms with E-state index in [-0.39, 0.29) is 48.4 Å². The molecule has 3 atom stereocenters. The average molecular weight is 963 g/mol. The lowest BCUT2D eigenvalue weighted by Gasteiger charge is -2.36. The van der Waals surface area contributed by atoms with Gasteiger partial charge in [0.2, 0.25) is 0 Å². The molecule has 2 bridgehead atoms. The van der Waals surface area contributed by atoms with E-state index in [1.807, 2.05) is 73.7 Å². The van der Waals surface area contributed by atoms with Crippen molar-refractivity contribution in [3.05, 3.63) is 179 Å². The van der Waals surface area contributed by atoms with Crippen LogP contribution in [-0.2, 0) is 21.6 Å². The molecule has 5 heterocycles. The number of likely N-dealkylation sites (tertiary alicyclic amines) is 1. The van der Waals surface area contributed by atoms with Crippen molar-refractivity contribution in [2.45, 2.75) is 89.1 Å². The van der Waals surface area contributed by atoms with Crippen LogP contribution in [0, 0.1) is 18.7 Å². The summed E-state index contributed by atoms with van der Waals surface area (Å²) in [6, 6.07) is 45.3. The van der Waals surface area contributed by atoms with Crippen molar-refractivity contribution in [1.82, 2.24) is 24.6 Å². The normalized spacial score (nSPS) is 18.9. The predicted molar refractivity (Wildman–Crippen MR) is 277 cm³/mol. The van der Waals surface area contributed by atoms with E-state index < -0.39 is 11.1 Å². The fourth-order valence-corrected chi connectivity index (χ4v) is 11.4. The van der Waals surface area contributed by atoms with Crippen molar-refractivity contribution in [1.29, 1.82) is 0 Å². The number of carbonyl (C=O) groups is 1. The van der Waals surface area contributed by atoms with Crippen LogP contribution in [0.2, 0.25) is 0 Å². The Labute approximate surface area is 419 Å². The minimum Gasteiger partial charge on any atom is -0.486 e. The van der Waals surface area contributed by atoms with Crippen molar-refractivity contribution in [3.8, 4) is 22.9 Å². The van der Waals surface area contributed by atoms with E-state index in [2.05, 4.69) is 102 Å². The molecule has 1 amide bonds. The van der Waals surface area contributed by atoms with Gasteiger partial charge in [0.25, 0.3) is 0 Å². The van der Waals surface area contributed by atoms with Crippen molar-refractivity contribution in [3.63, 3.8) is 0 Å². The van der Waals surface area contributed by atoms with Gasteiger partial charge in [0.05, 0.1) is 30.8 Å². The molecule has 0 radical (unpaired) electrons. The van der Waals surface area contributed by atoms with E-state index in [1.165, 1.54) is 0 Å². The third kappa shape index (κ3) is 8.29. The Morgan fingerprint density at radius 2 is 1.42 bits per heavy atom. The number of hydrogen-bond donors (Lipinski definition) is 0. The van der Waals surface area contributed by atoms with E-state index in [0.717, 1.165) is 75.7 Å². The van der Waals surface area contributed by atoms with Crippen molar-refractivity contribution in [2.24, 2.45) is 5.92 Å². The Morgan fingerprint density at radius 1 is 0.764 bits per heavy atom. The van der Waals surface area contributed by atoms with Crippen LogP contribution in [0.25, 0.3) is 32.9 Å². The van der Waals surface area contributed by atoms with Gasteiger partial charge in [-0.15, -0.1) is 0 Å². The zero-order chi connectivity index (χ0) is 49.1. The van der Waals surface area contributed by atoms with E-state index >= 15 is 4.39 Å². The molecule has 3 saturated heterocycles. The highest BCUT2D eigenvalue weighted by atomic mass is 19.1. The summed E-state index contributed by atoms with van der Waals surface area (Å²) in [5, 5.41) is 7.03. The Kier molecular flexibility index (Phi) is 11.7. The Hall–Kier alpha value is -7.31. The monoisotopic (exact) mass is 962 g/mol. The number of fused-ring (bicyclic) bond motifs is 4. The molecule has 0 spiro atoms. The molecule has 1 saturated carbocycles. The molecule has 1 aliphatic carbocycles. The van der Waals surface area contributed by atoms with E-state index in [0.29, 0.717) is 60.8 Å². The number of hydrogen-bond acceptors (Lipinski definition) is 9. The molecule has 0 N–H and O–H groups in total. The molecule has 366 valence electrons. The minimum atomic E-state index is -0.938. The Bertz CT molecular complexity index is 3190. The van der Waals surface area contributed by atoms with E-state index in [9.17, 15) is 4.79 Å². The standard InChI is InChI=1S/C60H59FN6O5/c1-38-50(61)31-51-49(34-67(64-51)60(42-19-11-6-12-20-42,43-21-13-7-14-22-43)44-23-15-8-16-24-44)52(38)53-47(41-25-26-41)30-48-54(55(53)70-36-39-17-9-5-10-18-39)62-57(71-37-40-27-28-69-35-40)63-56(48)65-32-46-29-45(65)33-66(46)58(68)72-59(2,3)4/h5-24,30-31,34,40-41,45-46H,25-29,32-33,35-37H2,1-4H3/t40-,45-,46-/m0/s1. The van der Waals surface area contributed by atoms with Gasteiger partial charge in [-0.05, 0) is 98.7 Å². The van der Waals surface area contributed by atoms with Gasteiger partial charge in [-0.1, -0.05) is 121 Å². The summed E-state index contributed by atoms with van der Waals surface area (Å²) in [5.74, 6) is 1.29. The highest BCUT2D eigenvalue weighted by molar-refractivity contribution is 6.06. The van der Waals surface area contributed by atoms with Crippen LogP contribution in [0.3, 0.4) is 0 Å². The summed E-state index contributed by atoms with van der Waals surface area (Å²) in [6.07, 6.45) is 5.41. The van der Waals surface area contributed by atoms with E-state index in [4.69, 9.17) is 34.0 Å².